The molecule has 0 saturated heterocycles. The number of hydrogen-bond donors (Lipinski definition) is 1. The smallest absolute Gasteiger partial charge is 0.159 e. The largest absolute Gasteiger partial charge is 0.372 e. The Kier molecular flexibility index (Phi) is 6.28. The summed E-state index contributed by atoms with van der Waals surface area (Å²) in [6.07, 6.45) is 0.895. The maximum absolute atomic E-state index is 5.57. The highest BCUT2D eigenvalue weighted by atomic mass is 127. The van der Waals surface area contributed by atoms with E-state index in [1.54, 1.807) is 0 Å². The maximum atomic E-state index is 5.57. The Bertz CT molecular complexity index is 396. The SMILES string of the molecule is CCOC(C)c1nc(CC(C)C)c(I)c(NC)n1. The van der Waals surface area contributed by atoms with E-state index in [1.165, 1.54) is 0 Å². The summed E-state index contributed by atoms with van der Waals surface area (Å²) in [6, 6.07) is 0. The molecule has 5 heteroatoms. The van der Waals surface area contributed by atoms with Crippen molar-refractivity contribution in [3.63, 3.8) is 0 Å². The van der Waals surface area contributed by atoms with Crippen molar-refractivity contribution < 1.29 is 4.74 Å². The van der Waals surface area contributed by atoms with Crippen molar-refractivity contribution >= 4 is 28.4 Å². The molecular formula is C13H22IN3O. The molecule has 1 atom stereocenters. The van der Waals surface area contributed by atoms with Gasteiger partial charge in [0, 0.05) is 13.7 Å². The molecule has 0 saturated carbocycles. The van der Waals surface area contributed by atoms with Crippen molar-refractivity contribution in [1.29, 1.82) is 0 Å². The first-order valence-electron chi connectivity index (χ1n) is 6.35. The first kappa shape index (κ1) is 15.6. The molecule has 1 unspecified atom stereocenters. The number of nitrogens with zero attached hydrogens (tertiary/aromatic N) is 2. The van der Waals surface area contributed by atoms with Gasteiger partial charge in [-0.1, -0.05) is 13.8 Å². The van der Waals surface area contributed by atoms with Crippen molar-refractivity contribution in [2.75, 3.05) is 19.0 Å². The molecule has 0 bridgehead atoms. The van der Waals surface area contributed by atoms with Crippen LogP contribution in [0, 0.1) is 9.49 Å². The normalized spacial score (nSPS) is 12.8. The number of ether oxygens (including phenoxy) is 1. The second kappa shape index (κ2) is 7.23. The van der Waals surface area contributed by atoms with Gasteiger partial charge < -0.3 is 10.1 Å². The number of nitrogens with one attached hydrogen (secondary N) is 1. The summed E-state index contributed by atoms with van der Waals surface area (Å²) < 4.78 is 6.68. The molecule has 0 spiro atoms. The van der Waals surface area contributed by atoms with Crippen LogP contribution in [0.1, 0.15) is 45.3 Å². The fourth-order valence-corrected chi connectivity index (χ4v) is 2.44. The monoisotopic (exact) mass is 363 g/mol. The van der Waals surface area contributed by atoms with Crippen LogP contribution in [-0.2, 0) is 11.2 Å². The highest BCUT2D eigenvalue weighted by Crippen LogP contribution is 2.24. The number of aromatic nitrogens is 2. The summed E-state index contributed by atoms with van der Waals surface area (Å²) in [4.78, 5) is 9.18. The molecule has 0 fully saturated rings. The molecule has 102 valence electrons. The van der Waals surface area contributed by atoms with E-state index >= 15 is 0 Å². The first-order valence-corrected chi connectivity index (χ1v) is 7.43. The van der Waals surface area contributed by atoms with E-state index in [2.05, 4.69) is 51.7 Å². The zero-order valence-electron chi connectivity index (χ0n) is 11.7. The number of anilines is 1. The van der Waals surface area contributed by atoms with Crippen LogP contribution in [0.2, 0.25) is 0 Å². The van der Waals surface area contributed by atoms with Crippen molar-refractivity contribution in [2.24, 2.45) is 5.92 Å². The molecule has 1 aromatic rings. The van der Waals surface area contributed by atoms with Gasteiger partial charge in [-0.25, -0.2) is 9.97 Å². The lowest BCUT2D eigenvalue weighted by Gasteiger charge is -2.16. The van der Waals surface area contributed by atoms with Crippen LogP contribution < -0.4 is 5.32 Å². The average Bonchev–Trinajstić information content (AvgIpc) is 2.31. The van der Waals surface area contributed by atoms with E-state index in [4.69, 9.17) is 4.74 Å². The summed E-state index contributed by atoms with van der Waals surface area (Å²) >= 11 is 2.31. The number of rotatable bonds is 6. The summed E-state index contributed by atoms with van der Waals surface area (Å²) in [5.74, 6) is 2.23. The zero-order chi connectivity index (χ0) is 13.7. The Hall–Kier alpha value is -0.430. The molecular weight excluding hydrogens is 341 g/mol. The number of hydrogen-bond acceptors (Lipinski definition) is 4. The predicted octanol–water partition coefficient (Wildman–Crippen LogP) is 3.42. The van der Waals surface area contributed by atoms with E-state index in [9.17, 15) is 0 Å². The van der Waals surface area contributed by atoms with Crippen molar-refractivity contribution in [1.82, 2.24) is 9.97 Å². The van der Waals surface area contributed by atoms with E-state index in [-0.39, 0.29) is 6.10 Å². The van der Waals surface area contributed by atoms with Gasteiger partial charge in [0.15, 0.2) is 5.82 Å². The molecule has 4 nitrogen and oxygen atoms in total. The Morgan fingerprint density at radius 2 is 1.94 bits per heavy atom. The standard InChI is InChI=1S/C13H22IN3O/c1-6-18-9(4)12-16-10(7-8(2)3)11(14)13(15-5)17-12/h8-9H,6-7H2,1-5H3,(H,15,16,17). The minimum atomic E-state index is -0.0648. The summed E-state index contributed by atoms with van der Waals surface area (Å²) in [6.45, 7) is 9.04. The second-order valence-corrected chi connectivity index (χ2v) is 5.72. The minimum Gasteiger partial charge on any atom is -0.372 e. The van der Waals surface area contributed by atoms with E-state index in [0.717, 1.165) is 27.3 Å². The molecule has 18 heavy (non-hydrogen) atoms. The summed E-state index contributed by atoms with van der Waals surface area (Å²) in [5.41, 5.74) is 1.10. The first-order chi connectivity index (χ1) is 8.49. The highest BCUT2D eigenvalue weighted by molar-refractivity contribution is 14.1. The fourth-order valence-electron chi connectivity index (χ4n) is 1.71. The van der Waals surface area contributed by atoms with Gasteiger partial charge in [-0.15, -0.1) is 0 Å². The Balaban J connectivity index is 3.12. The van der Waals surface area contributed by atoms with Gasteiger partial charge in [-0.3, -0.25) is 0 Å². The van der Waals surface area contributed by atoms with E-state index < -0.39 is 0 Å². The second-order valence-electron chi connectivity index (χ2n) is 4.64. The lowest BCUT2D eigenvalue weighted by molar-refractivity contribution is 0.0699. The minimum absolute atomic E-state index is 0.0648. The van der Waals surface area contributed by atoms with Crippen molar-refractivity contribution in [2.45, 2.75) is 40.2 Å². The zero-order valence-corrected chi connectivity index (χ0v) is 13.9. The van der Waals surface area contributed by atoms with Crippen LogP contribution in [0.5, 0.6) is 0 Å². The summed E-state index contributed by atoms with van der Waals surface area (Å²) in [7, 11) is 1.89. The predicted molar refractivity (Wildman–Crippen MR) is 82.9 cm³/mol. The molecule has 1 heterocycles. The van der Waals surface area contributed by atoms with Crippen LogP contribution in [0.3, 0.4) is 0 Å². The topological polar surface area (TPSA) is 47.0 Å². The third kappa shape index (κ3) is 4.05. The van der Waals surface area contributed by atoms with Crippen LogP contribution in [0.25, 0.3) is 0 Å². The quantitative estimate of drug-likeness (QED) is 0.787. The van der Waals surface area contributed by atoms with Gasteiger partial charge in [0.2, 0.25) is 0 Å². The van der Waals surface area contributed by atoms with E-state index in [0.29, 0.717) is 12.5 Å². The maximum Gasteiger partial charge on any atom is 0.159 e. The Morgan fingerprint density at radius 3 is 2.44 bits per heavy atom. The van der Waals surface area contributed by atoms with Gasteiger partial charge >= 0.3 is 0 Å². The molecule has 0 aromatic carbocycles. The van der Waals surface area contributed by atoms with Gasteiger partial charge in [0.25, 0.3) is 0 Å². The Labute approximate surface area is 123 Å². The van der Waals surface area contributed by atoms with Gasteiger partial charge in [-0.05, 0) is 48.8 Å². The van der Waals surface area contributed by atoms with Crippen LogP contribution in [0.15, 0.2) is 0 Å². The molecule has 0 aliphatic rings. The van der Waals surface area contributed by atoms with Crippen molar-refractivity contribution in [3.8, 4) is 0 Å². The van der Waals surface area contributed by atoms with Crippen molar-refractivity contribution in [3.05, 3.63) is 15.1 Å². The average molecular weight is 363 g/mol. The molecule has 0 aliphatic heterocycles. The highest BCUT2D eigenvalue weighted by Gasteiger charge is 2.16. The van der Waals surface area contributed by atoms with Crippen LogP contribution in [0.4, 0.5) is 5.82 Å². The van der Waals surface area contributed by atoms with Gasteiger partial charge in [0.05, 0.1) is 9.26 Å². The molecule has 0 radical (unpaired) electrons. The van der Waals surface area contributed by atoms with Gasteiger partial charge in [-0.2, -0.15) is 0 Å². The van der Waals surface area contributed by atoms with Crippen LogP contribution >= 0.6 is 22.6 Å². The molecule has 1 aromatic heterocycles. The third-order valence-electron chi connectivity index (χ3n) is 2.56. The van der Waals surface area contributed by atoms with Crippen LogP contribution in [-0.4, -0.2) is 23.6 Å². The lowest BCUT2D eigenvalue weighted by atomic mass is 10.1. The molecule has 1 rings (SSSR count). The third-order valence-corrected chi connectivity index (χ3v) is 3.69. The Morgan fingerprint density at radius 1 is 1.28 bits per heavy atom. The number of halogens is 1. The van der Waals surface area contributed by atoms with E-state index in [1.807, 2.05) is 20.9 Å². The molecule has 1 N–H and O–H groups in total. The van der Waals surface area contributed by atoms with Gasteiger partial charge in [0.1, 0.15) is 11.9 Å². The molecule has 0 amide bonds. The summed E-state index contributed by atoms with van der Waals surface area (Å²) in [5, 5.41) is 3.13. The molecule has 0 aliphatic carbocycles. The lowest BCUT2D eigenvalue weighted by Crippen LogP contribution is -2.13. The fraction of sp³-hybridized carbons (Fsp3) is 0.692.